The summed E-state index contributed by atoms with van der Waals surface area (Å²) in [6.07, 6.45) is 2.94. The van der Waals surface area contributed by atoms with Gasteiger partial charge in [-0.05, 0) is 12.0 Å². The summed E-state index contributed by atoms with van der Waals surface area (Å²) in [7, 11) is 1.79. The van der Waals surface area contributed by atoms with Gasteiger partial charge in [0.15, 0.2) is 5.78 Å². The van der Waals surface area contributed by atoms with Gasteiger partial charge >= 0.3 is 0 Å². The maximum Gasteiger partial charge on any atom is 0.169 e. The van der Waals surface area contributed by atoms with Gasteiger partial charge in [0.2, 0.25) is 0 Å². The standard InChI is InChI=1S/C13H15N3O/c1-3-10-6-4-5-7-12(10)13(17)8-11-9-16(2)15-14-11/h4-7,9H,3,8H2,1-2H3. The normalized spacial score (nSPS) is 10.5. The Morgan fingerprint density at radius 1 is 1.35 bits per heavy atom. The van der Waals surface area contributed by atoms with Crippen molar-refractivity contribution in [3.05, 3.63) is 47.3 Å². The maximum atomic E-state index is 12.1. The summed E-state index contributed by atoms with van der Waals surface area (Å²) in [6.45, 7) is 2.05. The second-order valence-corrected chi connectivity index (χ2v) is 3.99. The molecular weight excluding hydrogens is 214 g/mol. The Morgan fingerprint density at radius 3 is 2.76 bits per heavy atom. The fourth-order valence-electron chi connectivity index (χ4n) is 1.84. The molecule has 0 saturated heterocycles. The fourth-order valence-corrected chi connectivity index (χ4v) is 1.84. The van der Waals surface area contributed by atoms with Crippen molar-refractivity contribution in [2.75, 3.05) is 0 Å². The molecule has 4 nitrogen and oxygen atoms in total. The Hall–Kier alpha value is -1.97. The van der Waals surface area contributed by atoms with Gasteiger partial charge < -0.3 is 0 Å². The van der Waals surface area contributed by atoms with Crippen LogP contribution in [0.3, 0.4) is 0 Å². The lowest BCUT2D eigenvalue weighted by atomic mass is 9.99. The van der Waals surface area contributed by atoms with E-state index >= 15 is 0 Å². The number of carbonyl (C=O) groups is 1. The van der Waals surface area contributed by atoms with E-state index in [1.54, 1.807) is 17.9 Å². The number of nitrogens with zero attached hydrogens (tertiary/aromatic N) is 3. The Bertz CT molecular complexity index is 531. The molecule has 0 aliphatic heterocycles. The second-order valence-electron chi connectivity index (χ2n) is 3.99. The molecule has 0 aliphatic carbocycles. The predicted molar refractivity (Wildman–Crippen MR) is 64.9 cm³/mol. The van der Waals surface area contributed by atoms with Gasteiger partial charge in [-0.2, -0.15) is 0 Å². The summed E-state index contributed by atoms with van der Waals surface area (Å²) in [6, 6.07) is 7.71. The summed E-state index contributed by atoms with van der Waals surface area (Å²) < 4.78 is 1.61. The number of benzene rings is 1. The van der Waals surface area contributed by atoms with E-state index in [1.807, 2.05) is 24.3 Å². The van der Waals surface area contributed by atoms with Gasteiger partial charge in [-0.15, -0.1) is 5.10 Å². The van der Waals surface area contributed by atoms with E-state index in [2.05, 4.69) is 17.2 Å². The molecule has 0 aliphatic rings. The van der Waals surface area contributed by atoms with Crippen molar-refractivity contribution in [2.24, 2.45) is 7.05 Å². The molecule has 0 unspecified atom stereocenters. The van der Waals surface area contributed by atoms with Crippen LogP contribution in [-0.4, -0.2) is 20.8 Å². The van der Waals surface area contributed by atoms with Crippen molar-refractivity contribution < 1.29 is 4.79 Å². The van der Waals surface area contributed by atoms with E-state index in [1.165, 1.54) is 0 Å². The van der Waals surface area contributed by atoms with Crippen LogP contribution in [0.2, 0.25) is 0 Å². The van der Waals surface area contributed by atoms with Gasteiger partial charge in [0.1, 0.15) is 0 Å². The van der Waals surface area contributed by atoms with Crippen LogP contribution < -0.4 is 0 Å². The van der Waals surface area contributed by atoms with Crippen molar-refractivity contribution in [3.63, 3.8) is 0 Å². The zero-order valence-electron chi connectivity index (χ0n) is 10.1. The molecular formula is C13H15N3O. The Labute approximate surface area is 100 Å². The third-order valence-corrected chi connectivity index (χ3v) is 2.69. The molecule has 0 atom stereocenters. The monoisotopic (exact) mass is 229 g/mol. The molecule has 0 radical (unpaired) electrons. The fraction of sp³-hybridized carbons (Fsp3) is 0.308. The first-order chi connectivity index (χ1) is 8.20. The lowest BCUT2D eigenvalue weighted by molar-refractivity contribution is 0.0991. The number of hydrogen-bond donors (Lipinski definition) is 0. The molecule has 0 bridgehead atoms. The van der Waals surface area contributed by atoms with E-state index in [4.69, 9.17) is 0 Å². The first kappa shape index (κ1) is 11.5. The number of aryl methyl sites for hydroxylation is 2. The molecule has 17 heavy (non-hydrogen) atoms. The molecule has 0 N–H and O–H groups in total. The summed E-state index contributed by atoms with van der Waals surface area (Å²) in [5.41, 5.74) is 2.59. The molecule has 0 spiro atoms. The van der Waals surface area contributed by atoms with Crippen LogP contribution in [0.15, 0.2) is 30.5 Å². The Kier molecular flexibility index (Phi) is 3.32. The van der Waals surface area contributed by atoms with E-state index in [0.29, 0.717) is 12.1 Å². The Balaban J connectivity index is 2.20. The first-order valence-corrected chi connectivity index (χ1v) is 5.67. The summed E-state index contributed by atoms with van der Waals surface area (Å²) in [4.78, 5) is 12.1. The molecule has 1 aromatic carbocycles. The Morgan fingerprint density at radius 2 is 2.12 bits per heavy atom. The van der Waals surface area contributed by atoms with Crippen LogP contribution >= 0.6 is 0 Å². The van der Waals surface area contributed by atoms with Crippen molar-refractivity contribution in [1.82, 2.24) is 15.0 Å². The molecule has 88 valence electrons. The highest BCUT2D eigenvalue weighted by molar-refractivity contribution is 5.98. The molecule has 1 aromatic heterocycles. The van der Waals surface area contributed by atoms with E-state index in [9.17, 15) is 4.79 Å². The third-order valence-electron chi connectivity index (χ3n) is 2.69. The molecule has 1 heterocycles. The van der Waals surface area contributed by atoms with Crippen molar-refractivity contribution >= 4 is 5.78 Å². The van der Waals surface area contributed by atoms with Crippen LogP contribution in [-0.2, 0) is 19.9 Å². The number of aromatic nitrogens is 3. The predicted octanol–water partition coefficient (Wildman–Crippen LogP) is 1.80. The topological polar surface area (TPSA) is 47.8 Å². The largest absolute Gasteiger partial charge is 0.294 e. The van der Waals surface area contributed by atoms with Gasteiger partial charge in [0.25, 0.3) is 0 Å². The quantitative estimate of drug-likeness (QED) is 0.751. The SMILES string of the molecule is CCc1ccccc1C(=O)Cc1cn(C)nn1. The average Bonchev–Trinajstić information content (AvgIpc) is 2.74. The van der Waals surface area contributed by atoms with Gasteiger partial charge in [-0.3, -0.25) is 9.48 Å². The van der Waals surface area contributed by atoms with Crippen LogP contribution in [0.25, 0.3) is 0 Å². The highest BCUT2D eigenvalue weighted by Crippen LogP contribution is 2.12. The first-order valence-electron chi connectivity index (χ1n) is 5.67. The summed E-state index contributed by atoms with van der Waals surface area (Å²) in [5.74, 6) is 0.1000. The summed E-state index contributed by atoms with van der Waals surface area (Å²) >= 11 is 0. The van der Waals surface area contributed by atoms with Gasteiger partial charge in [0, 0.05) is 18.8 Å². The number of rotatable bonds is 4. The minimum absolute atomic E-state index is 0.1000. The van der Waals surface area contributed by atoms with E-state index in [0.717, 1.165) is 17.5 Å². The van der Waals surface area contributed by atoms with Gasteiger partial charge in [-0.25, -0.2) is 0 Å². The lowest BCUT2D eigenvalue weighted by Gasteiger charge is -2.04. The van der Waals surface area contributed by atoms with Crippen LogP contribution in [0, 0.1) is 0 Å². The van der Waals surface area contributed by atoms with Crippen molar-refractivity contribution in [1.29, 1.82) is 0 Å². The van der Waals surface area contributed by atoms with Gasteiger partial charge in [-0.1, -0.05) is 36.4 Å². The molecule has 0 amide bonds. The minimum Gasteiger partial charge on any atom is -0.294 e. The van der Waals surface area contributed by atoms with E-state index in [-0.39, 0.29) is 5.78 Å². The average molecular weight is 229 g/mol. The van der Waals surface area contributed by atoms with Crippen LogP contribution in [0.4, 0.5) is 0 Å². The molecule has 2 rings (SSSR count). The molecule has 0 fully saturated rings. The highest BCUT2D eigenvalue weighted by Gasteiger charge is 2.12. The highest BCUT2D eigenvalue weighted by atomic mass is 16.1. The molecule has 0 saturated carbocycles. The van der Waals surface area contributed by atoms with E-state index < -0.39 is 0 Å². The number of hydrogen-bond acceptors (Lipinski definition) is 3. The van der Waals surface area contributed by atoms with Gasteiger partial charge in [0.05, 0.1) is 12.1 Å². The van der Waals surface area contributed by atoms with Crippen molar-refractivity contribution in [3.8, 4) is 0 Å². The van der Waals surface area contributed by atoms with Crippen LogP contribution in [0.1, 0.15) is 28.5 Å². The second kappa shape index (κ2) is 4.91. The summed E-state index contributed by atoms with van der Waals surface area (Å²) in [5, 5.41) is 7.75. The minimum atomic E-state index is 0.1000. The number of Topliss-reactive ketones (excluding diaryl/α,β-unsaturated/α-hetero) is 1. The number of carbonyl (C=O) groups excluding carboxylic acids is 1. The zero-order valence-corrected chi connectivity index (χ0v) is 10.1. The third kappa shape index (κ3) is 2.58. The number of ketones is 1. The van der Waals surface area contributed by atoms with Crippen LogP contribution in [0.5, 0.6) is 0 Å². The van der Waals surface area contributed by atoms with Crippen molar-refractivity contribution in [2.45, 2.75) is 19.8 Å². The lowest BCUT2D eigenvalue weighted by Crippen LogP contribution is -2.07. The maximum absolute atomic E-state index is 12.1. The molecule has 4 heteroatoms. The smallest absolute Gasteiger partial charge is 0.169 e. The molecule has 2 aromatic rings. The zero-order chi connectivity index (χ0) is 12.3.